The zero-order valence-electron chi connectivity index (χ0n) is 12.6. The van der Waals surface area contributed by atoms with Crippen LogP contribution >= 0.6 is 11.6 Å². The van der Waals surface area contributed by atoms with Crippen LogP contribution in [-0.4, -0.2) is 12.5 Å². The van der Waals surface area contributed by atoms with Crippen molar-refractivity contribution in [3.05, 3.63) is 76.3 Å². The van der Waals surface area contributed by atoms with E-state index in [-0.39, 0.29) is 11.5 Å². The summed E-state index contributed by atoms with van der Waals surface area (Å²) >= 11 is 5.90. The zero-order valence-corrected chi connectivity index (χ0v) is 13.4. The van der Waals surface area contributed by atoms with Crippen LogP contribution in [0.5, 0.6) is 0 Å². The molecule has 0 aliphatic carbocycles. The number of hydrogen-bond acceptors (Lipinski definition) is 2. The van der Waals surface area contributed by atoms with Gasteiger partial charge in [0.05, 0.1) is 0 Å². The summed E-state index contributed by atoms with van der Waals surface area (Å²) in [5.41, 5.74) is 2.04. The van der Waals surface area contributed by atoms with E-state index in [0.29, 0.717) is 11.6 Å². The van der Waals surface area contributed by atoms with E-state index in [1.54, 1.807) is 30.3 Å². The molecule has 1 N–H and O–H groups in total. The second-order valence-electron chi connectivity index (χ2n) is 5.07. The van der Waals surface area contributed by atoms with Crippen molar-refractivity contribution in [2.75, 3.05) is 6.54 Å². The summed E-state index contributed by atoms with van der Waals surface area (Å²) in [5.74, 6) is -0.361. The first kappa shape index (κ1) is 16.8. The molecule has 0 bridgehead atoms. The Labute approximate surface area is 141 Å². The molecule has 0 saturated heterocycles. The Hall–Kier alpha value is -2.57. The lowest BCUT2D eigenvalue weighted by Gasteiger charge is -2.05. The minimum absolute atomic E-state index is 0.0759. The summed E-state index contributed by atoms with van der Waals surface area (Å²) in [4.78, 5) is 12.0. The molecule has 4 heteroatoms. The predicted molar refractivity (Wildman–Crippen MR) is 92.8 cm³/mol. The van der Waals surface area contributed by atoms with Crippen molar-refractivity contribution in [3.8, 4) is 6.07 Å². The fraction of sp³-hybridized carbons (Fsp3) is 0.158. The number of carbonyl (C=O) groups excluding carboxylic acids is 1. The number of carbonyl (C=O) groups is 1. The second-order valence-corrected chi connectivity index (χ2v) is 5.51. The van der Waals surface area contributed by atoms with Crippen LogP contribution in [0.3, 0.4) is 0 Å². The number of amides is 1. The Balaban J connectivity index is 1.87. The molecule has 0 heterocycles. The van der Waals surface area contributed by atoms with Crippen LogP contribution in [0.4, 0.5) is 0 Å². The number of nitriles is 1. The van der Waals surface area contributed by atoms with Crippen molar-refractivity contribution >= 4 is 23.6 Å². The molecule has 2 aromatic carbocycles. The zero-order chi connectivity index (χ0) is 16.5. The number of nitrogens with one attached hydrogen (secondary N) is 1. The first-order valence-electron chi connectivity index (χ1n) is 7.38. The molecule has 0 fully saturated rings. The van der Waals surface area contributed by atoms with Gasteiger partial charge in [0, 0.05) is 11.6 Å². The third kappa shape index (κ3) is 5.61. The molecule has 0 spiro atoms. The highest BCUT2D eigenvalue weighted by molar-refractivity contribution is 6.30. The SMILES string of the molecule is N#C/C(=C/c1cccc(Cl)c1)C(=O)NCCCc1ccccc1. The van der Waals surface area contributed by atoms with Crippen LogP contribution in [-0.2, 0) is 11.2 Å². The van der Waals surface area contributed by atoms with Crippen molar-refractivity contribution in [1.82, 2.24) is 5.32 Å². The smallest absolute Gasteiger partial charge is 0.261 e. The third-order valence-electron chi connectivity index (χ3n) is 3.30. The molecule has 0 atom stereocenters. The second kappa shape index (κ2) is 8.77. The molecule has 0 aromatic heterocycles. The van der Waals surface area contributed by atoms with E-state index in [9.17, 15) is 4.79 Å². The minimum Gasteiger partial charge on any atom is -0.351 e. The van der Waals surface area contributed by atoms with Gasteiger partial charge in [-0.2, -0.15) is 5.26 Å². The van der Waals surface area contributed by atoms with Crippen LogP contribution in [0.1, 0.15) is 17.5 Å². The number of benzene rings is 2. The van der Waals surface area contributed by atoms with E-state index in [1.165, 1.54) is 5.56 Å². The van der Waals surface area contributed by atoms with Gasteiger partial charge >= 0.3 is 0 Å². The molecule has 2 rings (SSSR count). The first-order chi connectivity index (χ1) is 11.2. The monoisotopic (exact) mass is 324 g/mol. The van der Waals surface area contributed by atoms with E-state index in [0.717, 1.165) is 18.4 Å². The summed E-state index contributed by atoms with van der Waals surface area (Å²) < 4.78 is 0. The van der Waals surface area contributed by atoms with E-state index in [1.807, 2.05) is 24.3 Å². The standard InChI is InChI=1S/C19H17ClN2O/c20-18-10-4-8-16(13-18)12-17(14-21)19(23)22-11-5-9-15-6-2-1-3-7-15/h1-4,6-8,10,12-13H,5,9,11H2,(H,22,23)/b17-12-. The Bertz CT molecular complexity index is 733. The Morgan fingerprint density at radius 1 is 1.17 bits per heavy atom. The molecule has 3 nitrogen and oxygen atoms in total. The van der Waals surface area contributed by atoms with Gasteiger partial charge in [-0.1, -0.05) is 54.1 Å². The molecule has 0 aliphatic rings. The molecule has 116 valence electrons. The molecule has 0 saturated carbocycles. The quantitative estimate of drug-likeness (QED) is 0.496. The van der Waals surface area contributed by atoms with Crippen LogP contribution in [0.25, 0.3) is 6.08 Å². The molecule has 0 aliphatic heterocycles. The van der Waals surface area contributed by atoms with Crippen molar-refractivity contribution < 1.29 is 4.79 Å². The summed E-state index contributed by atoms with van der Waals surface area (Å²) in [6, 6.07) is 19.0. The summed E-state index contributed by atoms with van der Waals surface area (Å²) in [7, 11) is 0. The Morgan fingerprint density at radius 3 is 2.65 bits per heavy atom. The molecule has 0 unspecified atom stereocenters. The van der Waals surface area contributed by atoms with Gasteiger partial charge in [0.15, 0.2) is 0 Å². The van der Waals surface area contributed by atoms with E-state index in [4.69, 9.17) is 16.9 Å². The van der Waals surface area contributed by atoms with Gasteiger partial charge in [0.1, 0.15) is 11.6 Å². The first-order valence-corrected chi connectivity index (χ1v) is 7.76. The minimum atomic E-state index is -0.361. The highest BCUT2D eigenvalue weighted by Crippen LogP contribution is 2.13. The van der Waals surface area contributed by atoms with Crippen LogP contribution in [0, 0.1) is 11.3 Å². The molecule has 1 amide bonds. The molecule has 2 aromatic rings. The van der Waals surface area contributed by atoms with Gasteiger partial charge in [-0.25, -0.2) is 0 Å². The van der Waals surface area contributed by atoms with Gasteiger partial charge in [0.25, 0.3) is 5.91 Å². The van der Waals surface area contributed by atoms with Crippen LogP contribution in [0.2, 0.25) is 5.02 Å². The lowest BCUT2D eigenvalue weighted by molar-refractivity contribution is -0.117. The van der Waals surface area contributed by atoms with Gasteiger partial charge in [0.2, 0.25) is 0 Å². The van der Waals surface area contributed by atoms with Crippen molar-refractivity contribution in [3.63, 3.8) is 0 Å². The number of nitrogens with zero attached hydrogens (tertiary/aromatic N) is 1. The summed E-state index contributed by atoms with van der Waals surface area (Å²) in [6.07, 6.45) is 3.26. The molecular formula is C19H17ClN2O. The van der Waals surface area contributed by atoms with Crippen molar-refractivity contribution in [2.24, 2.45) is 0 Å². The molecule has 23 heavy (non-hydrogen) atoms. The summed E-state index contributed by atoms with van der Waals surface area (Å²) in [5, 5.41) is 12.5. The Kier molecular flexibility index (Phi) is 6.40. The van der Waals surface area contributed by atoms with Gasteiger partial charge in [-0.15, -0.1) is 0 Å². The number of hydrogen-bond donors (Lipinski definition) is 1. The molecule has 0 radical (unpaired) electrons. The van der Waals surface area contributed by atoms with Gasteiger partial charge in [-0.05, 0) is 42.2 Å². The normalized spacial score (nSPS) is 10.9. The van der Waals surface area contributed by atoms with Crippen LogP contribution < -0.4 is 5.32 Å². The fourth-order valence-corrected chi connectivity index (χ4v) is 2.34. The topological polar surface area (TPSA) is 52.9 Å². The van der Waals surface area contributed by atoms with E-state index < -0.39 is 0 Å². The van der Waals surface area contributed by atoms with Crippen molar-refractivity contribution in [2.45, 2.75) is 12.8 Å². The average molecular weight is 325 g/mol. The average Bonchev–Trinajstić information content (AvgIpc) is 2.57. The lowest BCUT2D eigenvalue weighted by atomic mass is 10.1. The highest BCUT2D eigenvalue weighted by Gasteiger charge is 2.08. The maximum absolute atomic E-state index is 12.0. The highest BCUT2D eigenvalue weighted by atomic mass is 35.5. The van der Waals surface area contributed by atoms with E-state index in [2.05, 4.69) is 17.4 Å². The number of aryl methyl sites for hydroxylation is 1. The van der Waals surface area contributed by atoms with Crippen LogP contribution in [0.15, 0.2) is 60.2 Å². The summed E-state index contributed by atoms with van der Waals surface area (Å²) in [6.45, 7) is 0.530. The fourth-order valence-electron chi connectivity index (χ4n) is 2.15. The maximum Gasteiger partial charge on any atom is 0.261 e. The Morgan fingerprint density at radius 2 is 1.96 bits per heavy atom. The van der Waals surface area contributed by atoms with Crippen molar-refractivity contribution in [1.29, 1.82) is 5.26 Å². The largest absolute Gasteiger partial charge is 0.351 e. The molecular weight excluding hydrogens is 308 g/mol. The van der Waals surface area contributed by atoms with Gasteiger partial charge < -0.3 is 5.32 Å². The van der Waals surface area contributed by atoms with Gasteiger partial charge in [-0.3, -0.25) is 4.79 Å². The maximum atomic E-state index is 12.0. The predicted octanol–water partition coefficient (Wildman–Crippen LogP) is 4.00. The lowest BCUT2D eigenvalue weighted by Crippen LogP contribution is -2.25. The van der Waals surface area contributed by atoms with E-state index >= 15 is 0 Å². The number of halogens is 1. The third-order valence-corrected chi connectivity index (χ3v) is 3.53. The number of rotatable bonds is 6.